The van der Waals surface area contributed by atoms with E-state index >= 15 is 0 Å². The zero-order chi connectivity index (χ0) is 10.7. The molecule has 0 aromatic carbocycles. The molecule has 1 fully saturated rings. The second kappa shape index (κ2) is 4.41. The van der Waals surface area contributed by atoms with Gasteiger partial charge in [0.05, 0.1) is 0 Å². The average Bonchev–Trinajstić information content (AvgIpc) is 2.47. The fourth-order valence-electron chi connectivity index (χ4n) is 1.16. The molecule has 1 heterocycles. The summed E-state index contributed by atoms with van der Waals surface area (Å²) in [6.45, 7) is 6.14. The Labute approximate surface area is 83.4 Å². The lowest BCUT2D eigenvalue weighted by molar-refractivity contribution is -0.160. The van der Waals surface area contributed by atoms with Crippen molar-refractivity contribution in [3.63, 3.8) is 0 Å². The van der Waals surface area contributed by atoms with Gasteiger partial charge in [-0.15, -0.1) is 0 Å². The van der Waals surface area contributed by atoms with Gasteiger partial charge >= 0.3 is 0 Å². The van der Waals surface area contributed by atoms with E-state index in [-0.39, 0.29) is 24.3 Å². The van der Waals surface area contributed by atoms with Gasteiger partial charge in [0, 0.05) is 12.5 Å². The topological polar surface area (TPSA) is 58.6 Å². The van der Waals surface area contributed by atoms with Crippen molar-refractivity contribution < 1.29 is 14.4 Å². The Hall–Kier alpha value is -1.10. The van der Waals surface area contributed by atoms with Gasteiger partial charge < -0.3 is 5.32 Å². The van der Waals surface area contributed by atoms with Gasteiger partial charge in [0.15, 0.2) is 0 Å². The first-order chi connectivity index (χ1) is 6.56. The van der Waals surface area contributed by atoms with E-state index in [1.807, 2.05) is 6.92 Å². The summed E-state index contributed by atoms with van der Waals surface area (Å²) in [5, 5.41) is 3.91. The van der Waals surface area contributed by atoms with Crippen LogP contribution in [0, 0.1) is 5.92 Å². The van der Waals surface area contributed by atoms with E-state index in [2.05, 4.69) is 5.32 Å². The molecule has 0 bridgehead atoms. The molecule has 1 rings (SSSR count). The SMILES string of the molecule is CCN1OCC(NC(=O)C(C)C)C1=O. The summed E-state index contributed by atoms with van der Waals surface area (Å²) >= 11 is 0. The molecular formula is C9H16N2O3. The minimum Gasteiger partial charge on any atom is -0.342 e. The number of carbonyl (C=O) groups is 2. The predicted molar refractivity (Wildman–Crippen MR) is 50.1 cm³/mol. The molecule has 0 saturated carbocycles. The van der Waals surface area contributed by atoms with Gasteiger partial charge in [-0.25, -0.2) is 5.06 Å². The highest BCUT2D eigenvalue weighted by molar-refractivity contribution is 5.88. The van der Waals surface area contributed by atoms with Gasteiger partial charge in [-0.05, 0) is 6.92 Å². The molecule has 0 spiro atoms. The number of hydrogen-bond donors (Lipinski definition) is 1. The highest BCUT2D eigenvalue weighted by atomic mass is 16.7. The number of nitrogens with zero attached hydrogens (tertiary/aromatic N) is 1. The van der Waals surface area contributed by atoms with Crippen molar-refractivity contribution in [1.82, 2.24) is 10.4 Å². The Kier molecular flexibility index (Phi) is 3.46. The summed E-state index contributed by atoms with van der Waals surface area (Å²) < 4.78 is 0. The molecule has 0 aliphatic carbocycles. The Morgan fingerprint density at radius 2 is 2.36 bits per heavy atom. The molecule has 1 atom stereocenters. The quantitative estimate of drug-likeness (QED) is 0.693. The molecule has 5 nitrogen and oxygen atoms in total. The lowest BCUT2D eigenvalue weighted by Gasteiger charge is -2.12. The second-order valence-electron chi connectivity index (χ2n) is 3.54. The van der Waals surface area contributed by atoms with Gasteiger partial charge in [0.2, 0.25) is 5.91 Å². The lowest BCUT2D eigenvalue weighted by atomic mass is 10.2. The molecule has 1 N–H and O–H groups in total. The first kappa shape index (κ1) is 11.0. The Bertz CT molecular complexity index is 240. The van der Waals surface area contributed by atoms with Crippen LogP contribution in [0.25, 0.3) is 0 Å². The van der Waals surface area contributed by atoms with Crippen molar-refractivity contribution in [2.45, 2.75) is 26.8 Å². The molecule has 5 heteroatoms. The Balaban J connectivity index is 2.48. The zero-order valence-corrected chi connectivity index (χ0v) is 8.74. The van der Waals surface area contributed by atoms with Crippen LogP contribution in [0.4, 0.5) is 0 Å². The van der Waals surface area contributed by atoms with Crippen LogP contribution in [0.5, 0.6) is 0 Å². The third-order valence-electron chi connectivity index (χ3n) is 2.07. The second-order valence-corrected chi connectivity index (χ2v) is 3.54. The summed E-state index contributed by atoms with van der Waals surface area (Å²) in [4.78, 5) is 27.9. The number of hydrogen-bond acceptors (Lipinski definition) is 3. The molecule has 80 valence electrons. The van der Waals surface area contributed by atoms with Crippen molar-refractivity contribution in [3.05, 3.63) is 0 Å². The van der Waals surface area contributed by atoms with Crippen molar-refractivity contribution in [2.24, 2.45) is 5.92 Å². The number of hydroxylamine groups is 2. The highest BCUT2D eigenvalue weighted by Crippen LogP contribution is 2.07. The average molecular weight is 200 g/mol. The monoisotopic (exact) mass is 200 g/mol. The standard InChI is InChI=1S/C9H16N2O3/c1-4-11-9(13)7(5-14-11)10-8(12)6(2)3/h6-7H,4-5H2,1-3H3,(H,10,12). The largest absolute Gasteiger partial charge is 0.342 e. The number of nitrogens with one attached hydrogen (secondary N) is 1. The smallest absolute Gasteiger partial charge is 0.271 e. The summed E-state index contributed by atoms with van der Waals surface area (Å²) in [5.41, 5.74) is 0. The molecule has 0 radical (unpaired) electrons. The van der Waals surface area contributed by atoms with Crippen molar-refractivity contribution >= 4 is 11.8 Å². The lowest BCUT2D eigenvalue weighted by Crippen LogP contribution is -2.44. The summed E-state index contributed by atoms with van der Waals surface area (Å²) in [6, 6.07) is -0.509. The fraction of sp³-hybridized carbons (Fsp3) is 0.778. The Morgan fingerprint density at radius 1 is 1.71 bits per heavy atom. The van der Waals surface area contributed by atoms with Crippen LogP contribution >= 0.6 is 0 Å². The third-order valence-corrected chi connectivity index (χ3v) is 2.07. The van der Waals surface area contributed by atoms with E-state index in [1.54, 1.807) is 13.8 Å². The summed E-state index contributed by atoms with van der Waals surface area (Å²) in [6.07, 6.45) is 0. The number of likely N-dealkylation sites (N-methyl/N-ethyl adjacent to an activating group) is 1. The minimum atomic E-state index is -0.509. The van der Waals surface area contributed by atoms with Crippen molar-refractivity contribution in [1.29, 1.82) is 0 Å². The molecule has 0 aromatic heterocycles. The molecule has 14 heavy (non-hydrogen) atoms. The van der Waals surface area contributed by atoms with E-state index in [9.17, 15) is 9.59 Å². The van der Waals surface area contributed by atoms with Crippen LogP contribution in [-0.2, 0) is 14.4 Å². The number of carbonyl (C=O) groups excluding carboxylic acids is 2. The molecule has 0 aromatic rings. The first-order valence-electron chi connectivity index (χ1n) is 4.81. The molecule has 1 unspecified atom stereocenters. The maximum atomic E-state index is 11.5. The maximum Gasteiger partial charge on any atom is 0.271 e. The summed E-state index contributed by atoms with van der Waals surface area (Å²) in [7, 11) is 0. The normalized spacial score (nSPS) is 21.9. The van der Waals surface area contributed by atoms with Gasteiger partial charge in [0.25, 0.3) is 5.91 Å². The van der Waals surface area contributed by atoms with E-state index < -0.39 is 6.04 Å². The van der Waals surface area contributed by atoms with E-state index in [4.69, 9.17) is 4.84 Å². The van der Waals surface area contributed by atoms with Crippen LogP contribution in [0.3, 0.4) is 0 Å². The first-order valence-corrected chi connectivity index (χ1v) is 4.81. The molecule has 1 aliphatic heterocycles. The predicted octanol–water partition coefficient (Wildman–Crippen LogP) is -0.0791. The maximum absolute atomic E-state index is 11.5. The van der Waals surface area contributed by atoms with Crippen molar-refractivity contribution in [3.8, 4) is 0 Å². The highest BCUT2D eigenvalue weighted by Gasteiger charge is 2.33. The van der Waals surface area contributed by atoms with Gasteiger partial charge in [0.1, 0.15) is 12.6 Å². The van der Waals surface area contributed by atoms with E-state index in [0.717, 1.165) is 0 Å². The zero-order valence-electron chi connectivity index (χ0n) is 8.74. The molecular weight excluding hydrogens is 184 g/mol. The van der Waals surface area contributed by atoms with E-state index in [0.29, 0.717) is 6.54 Å². The van der Waals surface area contributed by atoms with Crippen LogP contribution in [-0.4, -0.2) is 36.1 Å². The van der Waals surface area contributed by atoms with E-state index in [1.165, 1.54) is 5.06 Å². The molecule has 1 aliphatic rings. The van der Waals surface area contributed by atoms with Gasteiger partial charge in [-0.1, -0.05) is 13.8 Å². The van der Waals surface area contributed by atoms with Gasteiger partial charge in [-0.3, -0.25) is 14.4 Å². The van der Waals surface area contributed by atoms with Crippen LogP contribution in [0.1, 0.15) is 20.8 Å². The van der Waals surface area contributed by atoms with Gasteiger partial charge in [-0.2, -0.15) is 0 Å². The fourth-order valence-corrected chi connectivity index (χ4v) is 1.16. The minimum absolute atomic E-state index is 0.113. The summed E-state index contributed by atoms with van der Waals surface area (Å²) in [5.74, 6) is -0.398. The molecule has 1 saturated heterocycles. The number of amides is 2. The Morgan fingerprint density at radius 3 is 2.79 bits per heavy atom. The van der Waals surface area contributed by atoms with Crippen LogP contribution in [0.2, 0.25) is 0 Å². The van der Waals surface area contributed by atoms with Crippen LogP contribution < -0.4 is 5.32 Å². The number of rotatable bonds is 3. The van der Waals surface area contributed by atoms with Crippen LogP contribution in [0.15, 0.2) is 0 Å². The van der Waals surface area contributed by atoms with Crippen molar-refractivity contribution in [2.75, 3.05) is 13.2 Å². The third kappa shape index (κ3) is 2.23. The molecule has 2 amide bonds.